The van der Waals surface area contributed by atoms with Gasteiger partial charge in [-0.1, -0.05) is 0 Å². The van der Waals surface area contributed by atoms with E-state index in [4.69, 9.17) is 5.11 Å². The molecule has 0 aliphatic carbocycles. The van der Waals surface area contributed by atoms with Crippen LogP contribution in [0.5, 0.6) is 0 Å². The second kappa shape index (κ2) is 6.11. The number of rotatable bonds is 3. The van der Waals surface area contributed by atoms with Gasteiger partial charge in [0.05, 0.1) is 6.42 Å². The highest BCUT2D eigenvalue weighted by Crippen LogP contribution is 2.21. The van der Waals surface area contributed by atoms with E-state index < -0.39 is 23.9 Å². The predicted octanol–water partition coefficient (Wildman–Crippen LogP) is -0.217. The molecule has 2 saturated heterocycles. The van der Waals surface area contributed by atoms with Gasteiger partial charge >= 0.3 is 12.0 Å². The quantitative estimate of drug-likeness (QED) is 0.700. The van der Waals surface area contributed by atoms with Crippen LogP contribution in [-0.2, 0) is 14.4 Å². The van der Waals surface area contributed by atoms with E-state index in [1.54, 1.807) is 0 Å². The number of amides is 4. The normalized spacial score (nSPS) is 26.1. The SMILES string of the molecule is CN1C(=O)CCC(NC(=O)N2CCCC2CC(=O)O)C1=O. The summed E-state index contributed by atoms with van der Waals surface area (Å²) in [6, 6.07) is -1.48. The third kappa shape index (κ3) is 3.32. The van der Waals surface area contributed by atoms with Gasteiger partial charge in [-0.3, -0.25) is 19.3 Å². The van der Waals surface area contributed by atoms with E-state index in [1.807, 2.05) is 0 Å². The van der Waals surface area contributed by atoms with Crippen LogP contribution >= 0.6 is 0 Å². The molecule has 8 heteroatoms. The van der Waals surface area contributed by atoms with Gasteiger partial charge in [0.2, 0.25) is 5.91 Å². The fraction of sp³-hybridized carbons (Fsp3) is 0.692. The summed E-state index contributed by atoms with van der Waals surface area (Å²) in [6.45, 7) is 0.486. The average molecular weight is 297 g/mol. The number of carbonyl (C=O) groups excluding carboxylic acids is 3. The minimum Gasteiger partial charge on any atom is -0.481 e. The van der Waals surface area contributed by atoms with E-state index in [1.165, 1.54) is 11.9 Å². The molecule has 2 aliphatic rings. The molecule has 2 fully saturated rings. The summed E-state index contributed by atoms with van der Waals surface area (Å²) in [4.78, 5) is 48.8. The molecule has 21 heavy (non-hydrogen) atoms. The van der Waals surface area contributed by atoms with Crippen LogP contribution in [0.1, 0.15) is 32.1 Å². The highest BCUT2D eigenvalue weighted by molar-refractivity contribution is 6.01. The average Bonchev–Trinajstić information content (AvgIpc) is 2.86. The van der Waals surface area contributed by atoms with Crippen molar-refractivity contribution in [3.8, 4) is 0 Å². The minimum absolute atomic E-state index is 0.0928. The fourth-order valence-corrected chi connectivity index (χ4v) is 2.80. The van der Waals surface area contributed by atoms with Crippen molar-refractivity contribution in [3.05, 3.63) is 0 Å². The van der Waals surface area contributed by atoms with Gasteiger partial charge in [-0.05, 0) is 19.3 Å². The first kappa shape index (κ1) is 15.3. The highest BCUT2D eigenvalue weighted by atomic mass is 16.4. The van der Waals surface area contributed by atoms with Gasteiger partial charge in [-0.2, -0.15) is 0 Å². The maximum Gasteiger partial charge on any atom is 0.318 e. The molecule has 4 amide bonds. The monoisotopic (exact) mass is 297 g/mol. The van der Waals surface area contributed by atoms with Crippen molar-refractivity contribution < 1.29 is 24.3 Å². The number of nitrogens with zero attached hydrogens (tertiary/aromatic N) is 2. The summed E-state index contributed by atoms with van der Waals surface area (Å²) in [5.74, 6) is -1.62. The second-order valence-electron chi connectivity index (χ2n) is 5.42. The smallest absolute Gasteiger partial charge is 0.318 e. The molecule has 0 aromatic heterocycles. The number of piperidine rings is 1. The Morgan fingerprint density at radius 1 is 1.33 bits per heavy atom. The number of carboxylic acid groups (broad SMARTS) is 1. The third-order valence-corrected chi connectivity index (χ3v) is 4.00. The molecule has 116 valence electrons. The molecule has 8 nitrogen and oxygen atoms in total. The third-order valence-electron chi connectivity index (χ3n) is 4.00. The second-order valence-corrected chi connectivity index (χ2v) is 5.42. The van der Waals surface area contributed by atoms with Gasteiger partial charge in [0.25, 0.3) is 5.91 Å². The van der Waals surface area contributed by atoms with Gasteiger partial charge in [-0.25, -0.2) is 4.79 Å². The number of likely N-dealkylation sites (tertiary alicyclic amines) is 2. The standard InChI is InChI=1S/C13H19N3O5/c1-15-10(17)5-4-9(12(15)20)14-13(21)16-6-2-3-8(16)7-11(18)19/h8-9H,2-7H2,1H3,(H,14,21)(H,18,19). The predicted molar refractivity (Wildman–Crippen MR) is 71.3 cm³/mol. The first-order valence-corrected chi connectivity index (χ1v) is 6.99. The molecular formula is C13H19N3O5. The lowest BCUT2D eigenvalue weighted by atomic mass is 10.0. The van der Waals surface area contributed by atoms with Gasteiger partial charge in [0.1, 0.15) is 6.04 Å². The molecule has 0 aromatic carbocycles. The van der Waals surface area contributed by atoms with Crippen LogP contribution in [0.4, 0.5) is 4.79 Å². The maximum absolute atomic E-state index is 12.2. The van der Waals surface area contributed by atoms with E-state index in [2.05, 4.69) is 5.32 Å². The molecule has 2 heterocycles. The molecular weight excluding hydrogens is 278 g/mol. The topological polar surface area (TPSA) is 107 Å². The number of imide groups is 1. The molecule has 0 aromatic rings. The van der Waals surface area contributed by atoms with Gasteiger partial charge in [0.15, 0.2) is 0 Å². The van der Waals surface area contributed by atoms with Crippen LogP contribution in [0.15, 0.2) is 0 Å². The fourth-order valence-electron chi connectivity index (χ4n) is 2.80. The Labute approximate surface area is 122 Å². The van der Waals surface area contributed by atoms with Crippen molar-refractivity contribution >= 4 is 23.8 Å². The zero-order valence-corrected chi connectivity index (χ0v) is 11.9. The van der Waals surface area contributed by atoms with E-state index in [0.717, 1.165) is 11.3 Å². The molecule has 2 aliphatic heterocycles. The Balaban J connectivity index is 1.96. The Bertz CT molecular complexity index is 478. The Morgan fingerprint density at radius 2 is 2.05 bits per heavy atom. The van der Waals surface area contributed by atoms with Crippen molar-refractivity contribution in [3.63, 3.8) is 0 Å². The number of nitrogens with one attached hydrogen (secondary N) is 1. The van der Waals surface area contributed by atoms with Gasteiger partial charge < -0.3 is 15.3 Å². The van der Waals surface area contributed by atoms with Crippen molar-refractivity contribution in [1.82, 2.24) is 15.1 Å². The van der Waals surface area contributed by atoms with E-state index in [-0.39, 0.29) is 31.2 Å². The zero-order valence-electron chi connectivity index (χ0n) is 11.9. The summed E-state index contributed by atoms with van der Waals surface area (Å²) in [7, 11) is 1.39. The Morgan fingerprint density at radius 3 is 2.71 bits per heavy atom. The first-order chi connectivity index (χ1) is 9.90. The van der Waals surface area contributed by atoms with E-state index >= 15 is 0 Å². The van der Waals surface area contributed by atoms with Crippen molar-refractivity contribution in [1.29, 1.82) is 0 Å². The Hall–Kier alpha value is -2.12. The number of hydrogen-bond donors (Lipinski definition) is 2. The van der Waals surface area contributed by atoms with Crippen LogP contribution in [0.25, 0.3) is 0 Å². The zero-order chi connectivity index (χ0) is 15.6. The van der Waals surface area contributed by atoms with E-state index in [9.17, 15) is 19.2 Å². The van der Waals surface area contributed by atoms with Crippen molar-refractivity contribution in [2.45, 2.75) is 44.2 Å². The van der Waals surface area contributed by atoms with Crippen LogP contribution in [-0.4, -0.2) is 64.4 Å². The molecule has 2 unspecified atom stereocenters. The molecule has 2 N–H and O–H groups in total. The van der Waals surface area contributed by atoms with Gasteiger partial charge in [0, 0.05) is 26.1 Å². The summed E-state index contributed by atoms with van der Waals surface area (Å²) in [5.41, 5.74) is 0. The molecule has 0 spiro atoms. The number of carbonyl (C=O) groups is 4. The summed E-state index contributed by atoms with van der Waals surface area (Å²) in [6.07, 6.45) is 1.81. The summed E-state index contributed by atoms with van der Waals surface area (Å²) >= 11 is 0. The molecule has 0 saturated carbocycles. The number of carboxylic acids is 1. The first-order valence-electron chi connectivity index (χ1n) is 6.99. The lowest BCUT2D eigenvalue weighted by molar-refractivity contribution is -0.148. The Kier molecular flexibility index (Phi) is 4.44. The van der Waals surface area contributed by atoms with Crippen LogP contribution in [0.3, 0.4) is 0 Å². The number of urea groups is 1. The van der Waals surface area contributed by atoms with Crippen molar-refractivity contribution in [2.24, 2.45) is 0 Å². The molecule has 2 atom stereocenters. The van der Waals surface area contributed by atoms with Gasteiger partial charge in [-0.15, -0.1) is 0 Å². The molecule has 0 bridgehead atoms. The lowest BCUT2D eigenvalue weighted by Gasteiger charge is -2.31. The van der Waals surface area contributed by atoms with Crippen LogP contribution in [0.2, 0.25) is 0 Å². The molecule has 0 radical (unpaired) electrons. The minimum atomic E-state index is -0.946. The highest BCUT2D eigenvalue weighted by Gasteiger charge is 2.36. The number of aliphatic carboxylic acids is 1. The maximum atomic E-state index is 12.2. The summed E-state index contributed by atoms with van der Waals surface area (Å²) in [5, 5.41) is 11.5. The van der Waals surface area contributed by atoms with Crippen molar-refractivity contribution in [2.75, 3.05) is 13.6 Å². The summed E-state index contributed by atoms with van der Waals surface area (Å²) < 4.78 is 0. The van der Waals surface area contributed by atoms with Crippen LogP contribution < -0.4 is 5.32 Å². The molecule has 2 rings (SSSR count). The van der Waals surface area contributed by atoms with Crippen LogP contribution in [0, 0.1) is 0 Å². The number of hydrogen-bond acceptors (Lipinski definition) is 4. The van der Waals surface area contributed by atoms with E-state index in [0.29, 0.717) is 13.0 Å². The number of likely N-dealkylation sites (N-methyl/N-ethyl adjacent to an activating group) is 1. The largest absolute Gasteiger partial charge is 0.481 e. The lowest BCUT2D eigenvalue weighted by Crippen LogP contribution is -2.56.